The minimum Gasteiger partial charge on any atom is -0.376 e. The fourth-order valence-electron chi connectivity index (χ4n) is 4.38. The van der Waals surface area contributed by atoms with Crippen LogP contribution < -0.4 is 10.6 Å². The first-order valence-corrected chi connectivity index (χ1v) is 12.4. The first kappa shape index (κ1) is 28.4. The molecule has 0 radical (unpaired) electrons. The minimum atomic E-state index is -4.55. The highest BCUT2D eigenvalue weighted by atomic mass is 19.4. The Morgan fingerprint density at radius 3 is 2.57 bits per heavy atom. The quantitative estimate of drug-likeness (QED) is 0.522. The van der Waals surface area contributed by atoms with Crippen LogP contribution in [0, 0.1) is 5.41 Å². The molecule has 0 fully saturated rings. The van der Waals surface area contributed by atoms with Crippen molar-refractivity contribution < 1.29 is 22.8 Å². The van der Waals surface area contributed by atoms with E-state index in [-0.39, 0.29) is 42.6 Å². The normalized spacial score (nSPS) is 13.8. The van der Waals surface area contributed by atoms with Crippen LogP contribution in [-0.4, -0.2) is 59.8 Å². The highest BCUT2D eigenvalue weighted by molar-refractivity contribution is 5.81. The second kappa shape index (κ2) is 11.9. The smallest absolute Gasteiger partial charge is 0.376 e. The molecule has 1 aliphatic rings. The summed E-state index contributed by atoms with van der Waals surface area (Å²) in [6, 6.07) is 7.97. The van der Waals surface area contributed by atoms with Gasteiger partial charge in [0.1, 0.15) is 0 Å². The molecule has 0 atom stereocenters. The van der Waals surface area contributed by atoms with E-state index >= 15 is 0 Å². The lowest BCUT2D eigenvalue weighted by Gasteiger charge is -2.32. The first-order valence-electron chi connectivity index (χ1n) is 12.4. The van der Waals surface area contributed by atoms with Gasteiger partial charge in [0.05, 0.1) is 24.3 Å². The molecule has 0 spiro atoms. The molecule has 0 saturated carbocycles. The number of rotatable bonds is 9. The number of hydrogen-bond donors (Lipinski definition) is 2. The zero-order valence-electron chi connectivity index (χ0n) is 21.9. The third-order valence-corrected chi connectivity index (χ3v) is 6.25. The molecule has 1 aromatic carbocycles. The maximum Gasteiger partial charge on any atom is 0.418 e. The number of likely N-dealkylation sites (N-methyl/N-ethyl adjacent to an activating group) is 1. The Hall–Kier alpha value is -3.14. The molecule has 0 bridgehead atoms. The Kier molecular flexibility index (Phi) is 9.17. The topological polar surface area (TPSA) is 77.6 Å². The van der Waals surface area contributed by atoms with Gasteiger partial charge < -0.3 is 20.4 Å². The number of fused-ring (bicyclic) bond motifs is 1. The van der Waals surface area contributed by atoms with Crippen LogP contribution in [0.25, 0.3) is 0 Å². The summed E-state index contributed by atoms with van der Waals surface area (Å²) >= 11 is 0. The summed E-state index contributed by atoms with van der Waals surface area (Å²) in [7, 11) is 1.72. The number of alkyl halides is 3. The van der Waals surface area contributed by atoms with Crippen molar-refractivity contribution in [3.8, 4) is 0 Å². The summed E-state index contributed by atoms with van der Waals surface area (Å²) in [4.78, 5) is 33.0. The fraction of sp³-hybridized carbons (Fsp3) is 0.519. The van der Waals surface area contributed by atoms with E-state index in [0.29, 0.717) is 32.5 Å². The fourth-order valence-corrected chi connectivity index (χ4v) is 4.38. The van der Waals surface area contributed by atoms with Crippen molar-refractivity contribution in [2.24, 2.45) is 5.41 Å². The van der Waals surface area contributed by atoms with Crippen molar-refractivity contribution in [2.75, 3.05) is 38.5 Å². The van der Waals surface area contributed by atoms with E-state index < -0.39 is 11.7 Å². The SMILES string of the molecule is CNCCN(Cc1ncccc1C(F)(F)F)C(=O)CNc1cccc2c1CCN(C(=O)CC(C)(C)C)C2. The average molecular weight is 520 g/mol. The van der Waals surface area contributed by atoms with Crippen molar-refractivity contribution in [3.05, 3.63) is 58.9 Å². The molecule has 37 heavy (non-hydrogen) atoms. The number of amides is 2. The van der Waals surface area contributed by atoms with Gasteiger partial charge in [-0.25, -0.2) is 0 Å². The Bertz CT molecular complexity index is 1100. The van der Waals surface area contributed by atoms with Gasteiger partial charge >= 0.3 is 6.18 Å². The van der Waals surface area contributed by atoms with Crippen molar-refractivity contribution in [1.82, 2.24) is 20.1 Å². The molecule has 2 aromatic rings. The van der Waals surface area contributed by atoms with Crippen molar-refractivity contribution in [3.63, 3.8) is 0 Å². The van der Waals surface area contributed by atoms with E-state index in [1.165, 1.54) is 17.2 Å². The largest absolute Gasteiger partial charge is 0.418 e. The Morgan fingerprint density at radius 1 is 1.14 bits per heavy atom. The van der Waals surface area contributed by atoms with Crippen LogP contribution in [0.3, 0.4) is 0 Å². The second-order valence-electron chi connectivity index (χ2n) is 10.5. The number of nitrogens with zero attached hydrogens (tertiary/aromatic N) is 3. The van der Waals surface area contributed by atoms with Gasteiger partial charge in [0.2, 0.25) is 11.8 Å². The summed E-state index contributed by atoms with van der Waals surface area (Å²) < 4.78 is 40.3. The zero-order chi connectivity index (χ0) is 27.2. The molecule has 2 amide bonds. The predicted octanol–water partition coefficient (Wildman–Crippen LogP) is 4.08. The number of nitrogens with one attached hydrogen (secondary N) is 2. The summed E-state index contributed by atoms with van der Waals surface area (Å²) in [5, 5.41) is 6.12. The number of hydrogen-bond acceptors (Lipinski definition) is 5. The molecule has 2 N–H and O–H groups in total. The first-order chi connectivity index (χ1) is 17.4. The lowest BCUT2D eigenvalue weighted by atomic mass is 9.90. The maximum atomic E-state index is 13.4. The van der Waals surface area contributed by atoms with Gasteiger partial charge in [0, 0.05) is 44.5 Å². The number of halogens is 3. The highest BCUT2D eigenvalue weighted by Gasteiger charge is 2.34. The monoisotopic (exact) mass is 519 g/mol. The van der Waals surface area contributed by atoms with Gasteiger partial charge in [-0.05, 0) is 48.2 Å². The lowest BCUT2D eigenvalue weighted by molar-refractivity contribution is -0.140. The number of aromatic nitrogens is 1. The lowest BCUT2D eigenvalue weighted by Crippen LogP contribution is -2.40. The number of carbonyl (C=O) groups excluding carboxylic acids is 2. The number of benzene rings is 1. The molecular weight excluding hydrogens is 483 g/mol. The molecule has 0 aliphatic carbocycles. The van der Waals surface area contributed by atoms with Crippen molar-refractivity contribution in [2.45, 2.75) is 52.9 Å². The van der Waals surface area contributed by atoms with Crippen LogP contribution in [-0.2, 0) is 35.3 Å². The van der Waals surface area contributed by atoms with Gasteiger partial charge in [-0.3, -0.25) is 14.6 Å². The number of pyridine rings is 1. The number of carbonyl (C=O) groups is 2. The van der Waals surface area contributed by atoms with Gasteiger partial charge in [-0.2, -0.15) is 13.2 Å². The standard InChI is InChI=1S/C27H36F3N5O2/c1-26(2,3)15-24(36)34-13-10-20-19(17-34)7-5-9-22(20)33-16-25(37)35(14-12-31-4)18-23-21(27(28,29)30)8-6-11-32-23/h5-9,11,31,33H,10,12-18H2,1-4H3. The molecule has 202 valence electrons. The van der Waals surface area contributed by atoms with E-state index in [9.17, 15) is 22.8 Å². The molecule has 1 aliphatic heterocycles. The van der Waals surface area contributed by atoms with Crippen LogP contribution in [0.4, 0.5) is 18.9 Å². The van der Waals surface area contributed by atoms with Gasteiger partial charge in [0.15, 0.2) is 0 Å². The van der Waals surface area contributed by atoms with Crippen molar-refractivity contribution in [1.29, 1.82) is 0 Å². The summed E-state index contributed by atoms with van der Waals surface area (Å²) in [5.74, 6) is -0.205. The van der Waals surface area contributed by atoms with Gasteiger partial charge in [0.25, 0.3) is 0 Å². The van der Waals surface area contributed by atoms with Crippen LogP contribution in [0.1, 0.15) is 49.6 Å². The maximum absolute atomic E-state index is 13.4. The molecule has 0 unspecified atom stereocenters. The average Bonchev–Trinajstić information content (AvgIpc) is 2.83. The van der Waals surface area contributed by atoms with Gasteiger partial charge in [-0.1, -0.05) is 32.9 Å². The molecule has 7 nitrogen and oxygen atoms in total. The molecule has 10 heteroatoms. The number of anilines is 1. The Labute approximate surface area is 216 Å². The van der Waals surface area contributed by atoms with Crippen LogP contribution in [0.5, 0.6) is 0 Å². The van der Waals surface area contributed by atoms with Crippen molar-refractivity contribution >= 4 is 17.5 Å². The van der Waals surface area contributed by atoms with E-state index in [0.717, 1.165) is 22.9 Å². The van der Waals surface area contributed by atoms with Crippen LogP contribution in [0.15, 0.2) is 36.5 Å². The molecule has 0 saturated heterocycles. The predicted molar refractivity (Wildman–Crippen MR) is 137 cm³/mol. The molecule has 3 rings (SSSR count). The Morgan fingerprint density at radius 2 is 1.89 bits per heavy atom. The molecule has 1 aromatic heterocycles. The molecular formula is C27H36F3N5O2. The van der Waals surface area contributed by atoms with E-state index in [2.05, 4.69) is 15.6 Å². The van der Waals surface area contributed by atoms with E-state index in [4.69, 9.17) is 0 Å². The van der Waals surface area contributed by atoms with Crippen LogP contribution in [0.2, 0.25) is 0 Å². The second-order valence-corrected chi connectivity index (χ2v) is 10.5. The third-order valence-electron chi connectivity index (χ3n) is 6.25. The third kappa shape index (κ3) is 7.92. The Balaban J connectivity index is 1.70. The van der Waals surface area contributed by atoms with Gasteiger partial charge in [-0.15, -0.1) is 0 Å². The minimum absolute atomic E-state index is 0.0684. The van der Waals surface area contributed by atoms with E-state index in [1.54, 1.807) is 7.05 Å². The van der Waals surface area contributed by atoms with E-state index in [1.807, 2.05) is 43.9 Å². The summed E-state index contributed by atoms with van der Waals surface area (Å²) in [6.07, 6.45) is -2.11. The highest BCUT2D eigenvalue weighted by Crippen LogP contribution is 2.32. The summed E-state index contributed by atoms with van der Waals surface area (Å²) in [6.45, 7) is 7.60. The summed E-state index contributed by atoms with van der Waals surface area (Å²) in [5.41, 5.74) is 1.78. The zero-order valence-corrected chi connectivity index (χ0v) is 21.9. The molecule has 2 heterocycles. The van der Waals surface area contributed by atoms with Crippen LogP contribution >= 0.6 is 0 Å².